The van der Waals surface area contributed by atoms with Crippen molar-refractivity contribution >= 4 is 17.5 Å². The highest BCUT2D eigenvalue weighted by Gasteiger charge is 2.29. The van der Waals surface area contributed by atoms with Crippen molar-refractivity contribution < 1.29 is 22.6 Å². The molecule has 0 aromatic carbocycles. The lowest BCUT2D eigenvalue weighted by Crippen LogP contribution is -2.37. The largest absolute Gasteiger partial charge is 0.454 e. The number of anilines is 1. The van der Waals surface area contributed by atoms with Gasteiger partial charge in [0.15, 0.2) is 6.61 Å². The maximum absolute atomic E-state index is 12.0. The molecule has 0 saturated carbocycles. The molecule has 1 aliphatic heterocycles. The standard InChI is InChI=1S/C9H10ClF3N4O2/c10-6-14-7(17-1-3-18-4-2-17)16-8(15-6)19-5-9(11,12)13/h1-5H2. The maximum Gasteiger partial charge on any atom is 0.422 e. The van der Waals surface area contributed by atoms with E-state index in [-0.39, 0.29) is 11.2 Å². The number of aromatic nitrogens is 3. The van der Waals surface area contributed by atoms with Gasteiger partial charge in [0.1, 0.15) is 0 Å². The molecule has 1 fully saturated rings. The molecule has 0 N–H and O–H groups in total. The summed E-state index contributed by atoms with van der Waals surface area (Å²) in [4.78, 5) is 12.9. The molecular weight excluding hydrogens is 289 g/mol. The van der Waals surface area contributed by atoms with Crippen LogP contribution < -0.4 is 9.64 Å². The molecule has 1 saturated heterocycles. The van der Waals surface area contributed by atoms with Gasteiger partial charge in [-0.15, -0.1) is 0 Å². The highest BCUT2D eigenvalue weighted by Crippen LogP contribution is 2.19. The number of ether oxygens (including phenoxy) is 2. The van der Waals surface area contributed by atoms with E-state index in [1.807, 2.05) is 0 Å². The van der Waals surface area contributed by atoms with Gasteiger partial charge in [-0.2, -0.15) is 28.1 Å². The lowest BCUT2D eigenvalue weighted by atomic mass is 10.4. The van der Waals surface area contributed by atoms with Gasteiger partial charge in [-0.25, -0.2) is 0 Å². The van der Waals surface area contributed by atoms with Crippen molar-refractivity contribution in [1.82, 2.24) is 15.0 Å². The fourth-order valence-electron chi connectivity index (χ4n) is 1.44. The second-order valence-electron chi connectivity index (χ2n) is 3.69. The Bertz CT molecular complexity index is 440. The third-order valence-corrected chi connectivity index (χ3v) is 2.40. The number of alkyl halides is 3. The first-order valence-electron chi connectivity index (χ1n) is 5.38. The Hall–Kier alpha value is -1.35. The minimum atomic E-state index is -4.46. The lowest BCUT2D eigenvalue weighted by molar-refractivity contribution is -0.154. The molecule has 2 heterocycles. The van der Waals surface area contributed by atoms with E-state index in [2.05, 4.69) is 19.7 Å². The number of hydrogen-bond acceptors (Lipinski definition) is 6. The number of halogens is 4. The molecule has 19 heavy (non-hydrogen) atoms. The fraction of sp³-hybridized carbons (Fsp3) is 0.667. The summed E-state index contributed by atoms with van der Waals surface area (Å²) in [6.45, 7) is 0.554. The van der Waals surface area contributed by atoms with Gasteiger partial charge in [0.05, 0.1) is 13.2 Å². The Labute approximate surface area is 111 Å². The molecule has 1 aromatic rings. The van der Waals surface area contributed by atoms with Gasteiger partial charge in [-0.05, 0) is 11.6 Å². The number of rotatable bonds is 3. The second kappa shape index (κ2) is 5.74. The Balaban J connectivity index is 2.10. The molecule has 106 valence electrons. The summed E-state index contributed by atoms with van der Waals surface area (Å²) in [7, 11) is 0. The quantitative estimate of drug-likeness (QED) is 0.838. The second-order valence-corrected chi connectivity index (χ2v) is 4.03. The van der Waals surface area contributed by atoms with Crippen molar-refractivity contribution in [2.24, 2.45) is 0 Å². The summed E-state index contributed by atoms with van der Waals surface area (Å²) in [6, 6.07) is -0.446. The smallest absolute Gasteiger partial charge is 0.422 e. The summed E-state index contributed by atoms with van der Waals surface area (Å²) in [5, 5.41) is -0.214. The van der Waals surface area contributed by atoms with E-state index in [9.17, 15) is 13.2 Å². The molecule has 0 atom stereocenters. The normalized spacial score (nSPS) is 16.5. The maximum atomic E-state index is 12.0. The first-order valence-corrected chi connectivity index (χ1v) is 5.76. The summed E-state index contributed by atoms with van der Waals surface area (Å²) >= 11 is 5.64. The average Bonchev–Trinajstić information content (AvgIpc) is 2.36. The van der Waals surface area contributed by atoms with Gasteiger partial charge in [-0.3, -0.25) is 0 Å². The van der Waals surface area contributed by atoms with Crippen molar-refractivity contribution in [2.75, 3.05) is 37.8 Å². The minimum absolute atomic E-state index is 0.181. The Kier molecular flexibility index (Phi) is 4.25. The van der Waals surface area contributed by atoms with Crippen molar-refractivity contribution in [2.45, 2.75) is 6.18 Å². The Morgan fingerprint density at radius 3 is 2.53 bits per heavy atom. The number of morpholine rings is 1. The molecule has 10 heteroatoms. The van der Waals surface area contributed by atoms with Crippen LogP contribution in [-0.2, 0) is 4.74 Å². The van der Waals surface area contributed by atoms with Gasteiger partial charge in [0.25, 0.3) is 0 Å². The van der Waals surface area contributed by atoms with Crippen LogP contribution in [0.4, 0.5) is 19.1 Å². The predicted octanol–water partition coefficient (Wildman–Crippen LogP) is 1.30. The molecule has 0 unspecified atom stereocenters. The molecule has 6 nitrogen and oxygen atoms in total. The summed E-state index contributed by atoms with van der Waals surface area (Å²) < 4.78 is 45.7. The molecule has 1 aromatic heterocycles. The van der Waals surface area contributed by atoms with Gasteiger partial charge in [0.2, 0.25) is 11.2 Å². The third kappa shape index (κ3) is 4.35. The van der Waals surface area contributed by atoms with Crippen LogP contribution in [0.25, 0.3) is 0 Å². The summed E-state index contributed by atoms with van der Waals surface area (Å²) in [6.07, 6.45) is -4.46. The Morgan fingerprint density at radius 2 is 1.89 bits per heavy atom. The van der Waals surface area contributed by atoms with Crippen molar-refractivity contribution in [3.05, 3.63) is 5.28 Å². The van der Waals surface area contributed by atoms with Crippen LogP contribution in [0.15, 0.2) is 0 Å². The number of nitrogens with zero attached hydrogens (tertiary/aromatic N) is 4. The first kappa shape index (κ1) is 14.1. The van der Waals surface area contributed by atoms with Gasteiger partial charge < -0.3 is 14.4 Å². The highest BCUT2D eigenvalue weighted by molar-refractivity contribution is 6.28. The zero-order chi connectivity index (χ0) is 13.9. The molecule has 2 rings (SSSR count). The van der Waals surface area contributed by atoms with E-state index in [0.717, 1.165) is 0 Å². The van der Waals surface area contributed by atoms with Crippen molar-refractivity contribution in [3.8, 4) is 6.01 Å². The molecular formula is C9H10ClF3N4O2. The van der Waals surface area contributed by atoms with E-state index < -0.39 is 18.8 Å². The molecule has 0 amide bonds. The molecule has 1 aliphatic rings. The zero-order valence-electron chi connectivity index (χ0n) is 9.65. The van der Waals surface area contributed by atoms with Crippen LogP contribution in [0.2, 0.25) is 5.28 Å². The van der Waals surface area contributed by atoms with E-state index in [1.54, 1.807) is 4.90 Å². The van der Waals surface area contributed by atoms with Crippen LogP contribution in [0.3, 0.4) is 0 Å². The number of hydrogen-bond donors (Lipinski definition) is 0. The first-order chi connectivity index (χ1) is 8.94. The van der Waals surface area contributed by atoms with E-state index in [4.69, 9.17) is 16.3 Å². The molecule has 0 radical (unpaired) electrons. The minimum Gasteiger partial charge on any atom is -0.454 e. The average molecular weight is 299 g/mol. The predicted molar refractivity (Wildman–Crippen MR) is 59.4 cm³/mol. The van der Waals surface area contributed by atoms with Crippen LogP contribution in [0, 0.1) is 0 Å². The van der Waals surface area contributed by atoms with Gasteiger partial charge in [-0.1, -0.05) is 0 Å². The topological polar surface area (TPSA) is 60.4 Å². The fourth-order valence-corrected chi connectivity index (χ4v) is 1.59. The van der Waals surface area contributed by atoms with Gasteiger partial charge in [0, 0.05) is 13.1 Å². The molecule has 0 spiro atoms. The van der Waals surface area contributed by atoms with Crippen LogP contribution in [0.5, 0.6) is 6.01 Å². The van der Waals surface area contributed by atoms with Crippen LogP contribution >= 0.6 is 11.6 Å². The van der Waals surface area contributed by atoms with E-state index in [1.165, 1.54) is 0 Å². The summed E-state index contributed by atoms with van der Waals surface area (Å²) in [5.41, 5.74) is 0. The SMILES string of the molecule is FC(F)(F)COc1nc(Cl)nc(N2CCOCC2)n1. The van der Waals surface area contributed by atoms with E-state index in [0.29, 0.717) is 26.3 Å². The van der Waals surface area contributed by atoms with Crippen LogP contribution in [-0.4, -0.2) is 54.0 Å². The summed E-state index contributed by atoms with van der Waals surface area (Å²) in [5.74, 6) is 0.181. The molecule has 0 aliphatic carbocycles. The van der Waals surface area contributed by atoms with E-state index >= 15 is 0 Å². The zero-order valence-corrected chi connectivity index (χ0v) is 10.4. The monoisotopic (exact) mass is 298 g/mol. The van der Waals surface area contributed by atoms with Gasteiger partial charge >= 0.3 is 12.2 Å². The van der Waals surface area contributed by atoms with Crippen LogP contribution in [0.1, 0.15) is 0 Å². The van der Waals surface area contributed by atoms with Crippen molar-refractivity contribution in [1.29, 1.82) is 0 Å². The third-order valence-electron chi connectivity index (χ3n) is 2.23. The van der Waals surface area contributed by atoms with Crippen molar-refractivity contribution in [3.63, 3.8) is 0 Å². The Morgan fingerprint density at radius 1 is 1.21 bits per heavy atom. The molecule has 0 bridgehead atoms. The lowest BCUT2D eigenvalue weighted by Gasteiger charge is -2.26. The highest BCUT2D eigenvalue weighted by atomic mass is 35.5.